The summed E-state index contributed by atoms with van der Waals surface area (Å²) in [6.07, 6.45) is 2.05. The maximum Gasteiger partial charge on any atom is 0.273 e. The summed E-state index contributed by atoms with van der Waals surface area (Å²) in [6.45, 7) is 5.07. The van der Waals surface area contributed by atoms with Gasteiger partial charge in [-0.3, -0.25) is 4.79 Å². The van der Waals surface area contributed by atoms with Gasteiger partial charge in [-0.25, -0.2) is 15.0 Å². The number of aryl methyl sites for hydroxylation is 2. The van der Waals surface area contributed by atoms with E-state index in [0.29, 0.717) is 18.8 Å². The molecule has 7 nitrogen and oxygen atoms in total. The van der Waals surface area contributed by atoms with E-state index in [1.54, 1.807) is 18.4 Å². The van der Waals surface area contributed by atoms with Crippen LogP contribution in [0.5, 0.6) is 5.75 Å². The van der Waals surface area contributed by atoms with Crippen molar-refractivity contribution in [1.29, 1.82) is 0 Å². The third-order valence-electron chi connectivity index (χ3n) is 5.94. The number of benzene rings is 1. The summed E-state index contributed by atoms with van der Waals surface area (Å²) in [7, 11) is 3.69. The number of aromatic nitrogens is 3. The van der Waals surface area contributed by atoms with E-state index in [0.717, 1.165) is 56.6 Å². The number of methoxy groups -OCH3 is 1. The molecule has 1 aliphatic rings. The van der Waals surface area contributed by atoms with Gasteiger partial charge >= 0.3 is 0 Å². The highest BCUT2D eigenvalue weighted by atomic mass is 32.1. The van der Waals surface area contributed by atoms with E-state index in [4.69, 9.17) is 9.72 Å². The Balaban J connectivity index is 1.53. The molecule has 0 N–H and O–H groups in total. The van der Waals surface area contributed by atoms with Crippen LogP contribution in [-0.2, 0) is 13.1 Å². The molecule has 0 radical (unpaired) electrons. The Hall–Kier alpha value is -3.04. The summed E-state index contributed by atoms with van der Waals surface area (Å²) < 4.78 is 5.42. The third-order valence-corrected chi connectivity index (χ3v) is 7.53. The zero-order valence-corrected chi connectivity index (χ0v) is 21.4. The molecular formula is C25H27N5O2S2. The van der Waals surface area contributed by atoms with Crippen LogP contribution < -0.4 is 9.64 Å². The first kappa shape index (κ1) is 22.7. The molecule has 1 aromatic carbocycles. The predicted molar refractivity (Wildman–Crippen MR) is 137 cm³/mol. The van der Waals surface area contributed by atoms with Crippen molar-refractivity contribution in [3.63, 3.8) is 0 Å². The van der Waals surface area contributed by atoms with Gasteiger partial charge in [0.2, 0.25) is 0 Å². The van der Waals surface area contributed by atoms with E-state index in [2.05, 4.69) is 26.3 Å². The second-order valence-electron chi connectivity index (χ2n) is 8.66. The topological polar surface area (TPSA) is 71.5 Å². The number of fused-ring (bicyclic) bond motifs is 1. The summed E-state index contributed by atoms with van der Waals surface area (Å²) in [5, 5.41) is 6.91. The quantitative estimate of drug-likeness (QED) is 0.335. The monoisotopic (exact) mass is 493 g/mol. The van der Waals surface area contributed by atoms with Crippen molar-refractivity contribution in [1.82, 2.24) is 19.9 Å². The number of hydrogen-bond donors (Lipinski definition) is 0. The van der Waals surface area contributed by atoms with Crippen LogP contribution in [0.2, 0.25) is 0 Å². The molecule has 5 rings (SSSR count). The van der Waals surface area contributed by atoms with Crippen molar-refractivity contribution in [3.8, 4) is 5.75 Å². The number of pyridine rings is 1. The van der Waals surface area contributed by atoms with Gasteiger partial charge in [-0.2, -0.15) is 0 Å². The molecule has 176 valence electrons. The van der Waals surface area contributed by atoms with Gasteiger partial charge in [0, 0.05) is 47.4 Å². The highest BCUT2D eigenvalue weighted by Crippen LogP contribution is 2.33. The zero-order valence-electron chi connectivity index (χ0n) is 19.7. The zero-order chi connectivity index (χ0) is 23.8. The van der Waals surface area contributed by atoms with E-state index >= 15 is 0 Å². The van der Waals surface area contributed by atoms with Gasteiger partial charge in [-0.1, -0.05) is 0 Å². The molecule has 4 aromatic rings. The van der Waals surface area contributed by atoms with Gasteiger partial charge in [0.25, 0.3) is 5.91 Å². The first-order valence-electron chi connectivity index (χ1n) is 11.2. The first-order chi connectivity index (χ1) is 16.4. The lowest BCUT2D eigenvalue weighted by Gasteiger charge is -2.26. The number of carbonyl (C=O) groups excluding carboxylic acids is 1. The van der Waals surface area contributed by atoms with E-state index in [9.17, 15) is 4.79 Å². The fraction of sp³-hybridized carbons (Fsp3) is 0.360. The second kappa shape index (κ2) is 9.31. The number of ether oxygens (including phenoxy) is 1. The maximum absolute atomic E-state index is 13.4. The minimum Gasteiger partial charge on any atom is -0.497 e. The van der Waals surface area contributed by atoms with Gasteiger partial charge in [-0.15, -0.1) is 22.7 Å². The summed E-state index contributed by atoms with van der Waals surface area (Å²) in [6, 6.07) is 8.31. The molecule has 0 spiro atoms. The summed E-state index contributed by atoms with van der Waals surface area (Å²) in [5.74, 6) is 1.61. The van der Waals surface area contributed by atoms with Gasteiger partial charge in [-0.05, 0) is 44.9 Å². The van der Waals surface area contributed by atoms with Gasteiger partial charge in [0.15, 0.2) is 0 Å². The maximum atomic E-state index is 13.4. The van der Waals surface area contributed by atoms with Crippen molar-refractivity contribution in [2.45, 2.75) is 45.8 Å². The van der Waals surface area contributed by atoms with Crippen LogP contribution in [0.3, 0.4) is 0 Å². The Labute approximate surface area is 207 Å². The molecule has 1 saturated carbocycles. The minimum absolute atomic E-state index is 0.00888. The van der Waals surface area contributed by atoms with Crippen LogP contribution in [0.15, 0.2) is 35.0 Å². The Morgan fingerprint density at radius 1 is 1.06 bits per heavy atom. The van der Waals surface area contributed by atoms with Crippen molar-refractivity contribution < 1.29 is 9.53 Å². The molecule has 34 heavy (non-hydrogen) atoms. The Kier molecular flexibility index (Phi) is 6.22. The first-order valence-corrected chi connectivity index (χ1v) is 13.0. The molecule has 3 aromatic heterocycles. The molecule has 0 bridgehead atoms. The molecule has 1 amide bonds. The largest absolute Gasteiger partial charge is 0.497 e. The number of nitrogens with zero attached hydrogens (tertiary/aromatic N) is 5. The molecule has 0 aliphatic heterocycles. The van der Waals surface area contributed by atoms with E-state index in [-0.39, 0.29) is 11.9 Å². The molecular weight excluding hydrogens is 466 g/mol. The molecule has 1 aliphatic carbocycles. The number of rotatable bonds is 8. The SMILES string of the molecule is COc1ccc2cc(CN(C(=O)c3csc(C)n3)C3CC3)c(N(C)Cc3csc(C)n3)nc2c1. The molecule has 1 fully saturated rings. The van der Waals surface area contributed by atoms with Crippen molar-refractivity contribution in [3.05, 3.63) is 62.0 Å². The number of amides is 1. The average molecular weight is 494 g/mol. The van der Waals surface area contributed by atoms with Gasteiger partial charge < -0.3 is 14.5 Å². The number of hydrogen-bond acceptors (Lipinski definition) is 8. The molecule has 0 saturated heterocycles. The van der Waals surface area contributed by atoms with Gasteiger partial charge in [0.05, 0.1) is 34.9 Å². The molecule has 0 unspecified atom stereocenters. The fourth-order valence-electron chi connectivity index (χ4n) is 4.10. The standard InChI is InChI=1S/C25H27N5O2S2/c1-15-26-19(13-33-15)12-29(3)24-18(9-17-5-8-21(32-4)10-22(17)28-24)11-30(20-6-7-20)25(31)23-14-34-16(2)27-23/h5,8-10,13-14,20H,6-7,11-12H2,1-4H3. The number of thiazole rings is 2. The van der Waals surface area contributed by atoms with Crippen molar-refractivity contribution in [2.75, 3.05) is 19.1 Å². The van der Waals surface area contributed by atoms with Crippen LogP contribution in [0.1, 0.15) is 44.6 Å². The molecule has 9 heteroatoms. The van der Waals surface area contributed by atoms with Gasteiger partial charge in [0.1, 0.15) is 17.3 Å². The van der Waals surface area contributed by atoms with E-state index in [1.165, 1.54) is 11.3 Å². The smallest absolute Gasteiger partial charge is 0.273 e. The summed E-state index contributed by atoms with van der Waals surface area (Å²) in [5.41, 5.74) is 3.41. The minimum atomic E-state index is -0.00888. The number of carbonyl (C=O) groups is 1. The summed E-state index contributed by atoms with van der Waals surface area (Å²) in [4.78, 5) is 31.6. The normalized spacial score (nSPS) is 13.3. The van der Waals surface area contributed by atoms with Crippen LogP contribution in [-0.4, -0.2) is 46.0 Å². The van der Waals surface area contributed by atoms with Crippen LogP contribution >= 0.6 is 22.7 Å². The lowest BCUT2D eigenvalue weighted by atomic mass is 10.1. The van der Waals surface area contributed by atoms with Crippen molar-refractivity contribution in [2.24, 2.45) is 0 Å². The lowest BCUT2D eigenvalue weighted by molar-refractivity contribution is 0.0724. The third kappa shape index (κ3) is 4.76. The molecule has 0 atom stereocenters. The Morgan fingerprint density at radius 3 is 2.47 bits per heavy atom. The lowest BCUT2D eigenvalue weighted by Crippen LogP contribution is -2.33. The van der Waals surface area contributed by atoms with E-state index in [1.807, 2.05) is 49.4 Å². The molecule has 3 heterocycles. The van der Waals surface area contributed by atoms with E-state index < -0.39 is 0 Å². The number of anilines is 1. The van der Waals surface area contributed by atoms with Crippen LogP contribution in [0.25, 0.3) is 10.9 Å². The predicted octanol–water partition coefficient (Wildman–Crippen LogP) is 5.21. The van der Waals surface area contributed by atoms with Crippen molar-refractivity contribution >= 4 is 45.3 Å². The van der Waals surface area contributed by atoms with Crippen LogP contribution in [0.4, 0.5) is 5.82 Å². The van der Waals surface area contributed by atoms with Crippen LogP contribution in [0, 0.1) is 13.8 Å². The second-order valence-corrected chi connectivity index (χ2v) is 10.8. The Bertz CT molecular complexity index is 1340. The fourth-order valence-corrected chi connectivity index (χ4v) is 5.29. The average Bonchev–Trinajstić information content (AvgIpc) is 3.45. The highest BCUT2D eigenvalue weighted by Gasteiger charge is 2.34. The highest BCUT2D eigenvalue weighted by molar-refractivity contribution is 7.09. The summed E-state index contributed by atoms with van der Waals surface area (Å²) >= 11 is 3.15. The Morgan fingerprint density at radius 2 is 1.82 bits per heavy atom.